The quantitative estimate of drug-likeness (QED) is 0.415. The minimum atomic E-state index is 0.641. The smallest absolute Gasteiger partial charge is 0.227 e. The molecule has 0 unspecified atom stereocenters. The number of hydrogen-bond acceptors (Lipinski definition) is 3. The Kier molecular flexibility index (Phi) is 3.42. The minimum absolute atomic E-state index is 0.641. The molecule has 0 bridgehead atoms. The first-order chi connectivity index (χ1) is 12.9. The Bertz CT molecular complexity index is 1190. The van der Waals surface area contributed by atoms with Crippen molar-refractivity contribution in [1.29, 1.82) is 0 Å². The lowest BCUT2D eigenvalue weighted by molar-refractivity contribution is 0.620. The molecule has 0 radical (unpaired) electrons. The van der Waals surface area contributed by atoms with Crippen LogP contribution < -0.4 is 5.32 Å². The van der Waals surface area contributed by atoms with E-state index < -0.39 is 0 Å². The highest BCUT2D eigenvalue weighted by Gasteiger charge is 2.14. The number of fused-ring (bicyclic) bond motifs is 3. The van der Waals surface area contributed by atoms with E-state index in [1.54, 1.807) is 0 Å². The van der Waals surface area contributed by atoms with Crippen LogP contribution in [0.3, 0.4) is 0 Å². The first-order valence-corrected chi connectivity index (χ1v) is 8.58. The number of nitrogens with one attached hydrogen (secondary N) is 1. The van der Waals surface area contributed by atoms with Gasteiger partial charge in [0.2, 0.25) is 5.89 Å². The zero-order chi connectivity index (χ0) is 17.3. The van der Waals surface area contributed by atoms with Gasteiger partial charge in [0.15, 0.2) is 5.58 Å². The molecule has 4 aromatic carbocycles. The Balaban J connectivity index is 1.72. The van der Waals surface area contributed by atoms with Crippen molar-refractivity contribution in [3.8, 4) is 11.5 Å². The molecule has 1 N–H and O–H groups in total. The van der Waals surface area contributed by atoms with Gasteiger partial charge in [0.05, 0.1) is 5.69 Å². The van der Waals surface area contributed by atoms with Crippen LogP contribution in [0.4, 0.5) is 11.4 Å². The number of anilines is 2. The molecule has 0 aliphatic heterocycles. The lowest BCUT2D eigenvalue weighted by Crippen LogP contribution is -1.91. The monoisotopic (exact) mass is 336 g/mol. The van der Waals surface area contributed by atoms with E-state index in [1.807, 2.05) is 66.7 Å². The molecule has 0 atom stereocenters. The SMILES string of the molecule is c1ccc(Nc2cc3oc(-c4ccccc4)nc3c3ccccc23)cc1. The Morgan fingerprint density at radius 3 is 2.12 bits per heavy atom. The molecule has 0 saturated heterocycles. The number of para-hydroxylation sites is 1. The average molecular weight is 336 g/mol. The highest BCUT2D eigenvalue weighted by molar-refractivity contribution is 6.10. The maximum absolute atomic E-state index is 6.09. The first-order valence-electron chi connectivity index (χ1n) is 8.58. The Morgan fingerprint density at radius 1 is 0.692 bits per heavy atom. The van der Waals surface area contributed by atoms with Crippen molar-refractivity contribution in [2.24, 2.45) is 0 Å². The van der Waals surface area contributed by atoms with Crippen LogP contribution in [0.5, 0.6) is 0 Å². The number of rotatable bonds is 3. The van der Waals surface area contributed by atoms with Gasteiger partial charge in [-0.2, -0.15) is 0 Å². The minimum Gasteiger partial charge on any atom is -0.436 e. The molecule has 5 aromatic rings. The second-order valence-electron chi connectivity index (χ2n) is 6.19. The Labute approximate surface area is 150 Å². The Hall–Kier alpha value is -3.59. The van der Waals surface area contributed by atoms with Crippen molar-refractivity contribution in [1.82, 2.24) is 4.98 Å². The summed E-state index contributed by atoms with van der Waals surface area (Å²) in [5.41, 5.74) is 4.69. The highest BCUT2D eigenvalue weighted by Crippen LogP contribution is 2.35. The standard InChI is InChI=1S/C23H16N2O/c1-3-9-16(10-4-1)23-25-22-19-14-8-7-13-18(19)20(15-21(22)26-23)24-17-11-5-2-6-12-17/h1-15,24H. The summed E-state index contributed by atoms with van der Waals surface area (Å²) in [6, 6.07) is 30.4. The fourth-order valence-electron chi connectivity index (χ4n) is 3.24. The predicted octanol–water partition coefficient (Wildman–Crippen LogP) is 6.39. The molecule has 3 heteroatoms. The largest absolute Gasteiger partial charge is 0.436 e. The maximum Gasteiger partial charge on any atom is 0.227 e. The van der Waals surface area contributed by atoms with Crippen LogP contribution >= 0.6 is 0 Å². The van der Waals surface area contributed by atoms with Gasteiger partial charge in [0, 0.05) is 28.1 Å². The molecule has 0 saturated carbocycles. The third kappa shape index (κ3) is 2.50. The van der Waals surface area contributed by atoms with Crippen LogP contribution in [0.2, 0.25) is 0 Å². The Morgan fingerprint density at radius 2 is 1.35 bits per heavy atom. The second kappa shape index (κ2) is 6.05. The summed E-state index contributed by atoms with van der Waals surface area (Å²) < 4.78 is 6.09. The topological polar surface area (TPSA) is 38.1 Å². The van der Waals surface area contributed by atoms with Gasteiger partial charge >= 0.3 is 0 Å². The number of hydrogen-bond donors (Lipinski definition) is 1. The van der Waals surface area contributed by atoms with Crippen molar-refractivity contribution < 1.29 is 4.42 Å². The first kappa shape index (κ1) is 14.7. The van der Waals surface area contributed by atoms with Gasteiger partial charge in [-0.05, 0) is 24.3 Å². The zero-order valence-corrected chi connectivity index (χ0v) is 14.0. The van der Waals surface area contributed by atoms with Gasteiger partial charge in [-0.15, -0.1) is 0 Å². The molecule has 0 amide bonds. The third-order valence-electron chi connectivity index (χ3n) is 4.47. The lowest BCUT2D eigenvalue weighted by Gasteiger charge is -2.10. The average Bonchev–Trinajstić information content (AvgIpc) is 3.14. The fraction of sp³-hybridized carbons (Fsp3) is 0. The number of nitrogens with zero attached hydrogens (tertiary/aromatic N) is 1. The zero-order valence-electron chi connectivity index (χ0n) is 14.0. The van der Waals surface area contributed by atoms with Crippen LogP contribution in [-0.4, -0.2) is 4.98 Å². The van der Waals surface area contributed by atoms with Gasteiger partial charge in [0.25, 0.3) is 0 Å². The summed E-state index contributed by atoms with van der Waals surface area (Å²) in [7, 11) is 0. The predicted molar refractivity (Wildman–Crippen MR) is 107 cm³/mol. The summed E-state index contributed by atoms with van der Waals surface area (Å²) in [6.45, 7) is 0. The van der Waals surface area contributed by atoms with Gasteiger partial charge in [-0.25, -0.2) is 4.98 Å². The number of oxazole rings is 1. The van der Waals surface area contributed by atoms with Crippen LogP contribution in [-0.2, 0) is 0 Å². The van der Waals surface area contributed by atoms with E-state index in [4.69, 9.17) is 9.40 Å². The molecule has 0 fully saturated rings. The van der Waals surface area contributed by atoms with Gasteiger partial charge in [0.1, 0.15) is 5.52 Å². The lowest BCUT2D eigenvalue weighted by atomic mass is 10.1. The highest BCUT2D eigenvalue weighted by atomic mass is 16.3. The molecular formula is C23H16N2O. The van der Waals surface area contributed by atoms with E-state index in [9.17, 15) is 0 Å². The van der Waals surface area contributed by atoms with Gasteiger partial charge < -0.3 is 9.73 Å². The van der Waals surface area contributed by atoms with Crippen LogP contribution in [0.25, 0.3) is 33.3 Å². The van der Waals surface area contributed by atoms with Crippen molar-refractivity contribution in [2.75, 3.05) is 5.32 Å². The molecule has 0 aliphatic carbocycles. The third-order valence-corrected chi connectivity index (χ3v) is 4.47. The van der Waals surface area contributed by atoms with Crippen molar-refractivity contribution >= 4 is 33.2 Å². The molecule has 1 aromatic heterocycles. The molecule has 124 valence electrons. The van der Waals surface area contributed by atoms with Gasteiger partial charge in [-0.3, -0.25) is 0 Å². The maximum atomic E-state index is 6.09. The van der Waals surface area contributed by atoms with Crippen LogP contribution in [0.15, 0.2) is 95.4 Å². The van der Waals surface area contributed by atoms with E-state index in [0.29, 0.717) is 5.89 Å². The summed E-state index contributed by atoms with van der Waals surface area (Å²) in [4.78, 5) is 4.76. The molecule has 1 heterocycles. The fourth-order valence-corrected chi connectivity index (χ4v) is 3.24. The number of aromatic nitrogens is 1. The molecule has 5 rings (SSSR count). The van der Waals surface area contributed by atoms with Gasteiger partial charge in [-0.1, -0.05) is 60.7 Å². The number of benzene rings is 4. The van der Waals surface area contributed by atoms with Crippen molar-refractivity contribution in [2.45, 2.75) is 0 Å². The van der Waals surface area contributed by atoms with E-state index in [2.05, 4.69) is 29.6 Å². The summed E-state index contributed by atoms with van der Waals surface area (Å²) in [6.07, 6.45) is 0. The van der Waals surface area contributed by atoms with E-state index in [0.717, 1.165) is 38.8 Å². The van der Waals surface area contributed by atoms with Crippen molar-refractivity contribution in [3.05, 3.63) is 91.0 Å². The van der Waals surface area contributed by atoms with E-state index >= 15 is 0 Å². The molecule has 0 spiro atoms. The summed E-state index contributed by atoms with van der Waals surface area (Å²) >= 11 is 0. The van der Waals surface area contributed by atoms with E-state index in [-0.39, 0.29) is 0 Å². The second-order valence-corrected chi connectivity index (χ2v) is 6.19. The molecule has 26 heavy (non-hydrogen) atoms. The molecule has 3 nitrogen and oxygen atoms in total. The van der Waals surface area contributed by atoms with E-state index in [1.165, 1.54) is 0 Å². The molecular weight excluding hydrogens is 320 g/mol. The van der Waals surface area contributed by atoms with Crippen LogP contribution in [0, 0.1) is 0 Å². The summed E-state index contributed by atoms with van der Waals surface area (Å²) in [5.74, 6) is 0.641. The molecule has 0 aliphatic rings. The summed E-state index contributed by atoms with van der Waals surface area (Å²) in [5, 5.41) is 5.70. The van der Waals surface area contributed by atoms with Crippen LogP contribution in [0.1, 0.15) is 0 Å². The van der Waals surface area contributed by atoms with Crippen molar-refractivity contribution in [3.63, 3.8) is 0 Å². The normalized spacial score (nSPS) is 11.1.